The molecule has 0 saturated heterocycles. The van der Waals surface area contributed by atoms with Crippen LogP contribution >= 0.6 is 0 Å². The molecule has 1 heterocycles. The Morgan fingerprint density at radius 1 is 1.08 bits per heavy atom. The SMILES string of the molecule is Cc1ccc(C(C)(C)CNC(=O)C(C)c2ccc3c(c2)OCCO3)cc1. The molecule has 0 aromatic heterocycles. The Morgan fingerprint density at radius 3 is 2.42 bits per heavy atom. The van der Waals surface area contributed by atoms with Gasteiger partial charge in [-0.05, 0) is 37.1 Å². The maximum atomic E-state index is 12.7. The molecule has 2 aromatic carbocycles. The van der Waals surface area contributed by atoms with Gasteiger partial charge >= 0.3 is 0 Å². The summed E-state index contributed by atoms with van der Waals surface area (Å²) in [4.78, 5) is 12.7. The fraction of sp³-hybridized carbons (Fsp3) is 0.409. The van der Waals surface area contributed by atoms with Crippen molar-refractivity contribution >= 4 is 5.91 Å². The molecule has 4 nitrogen and oxygen atoms in total. The zero-order chi connectivity index (χ0) is 18.7. The lowest BCUT2D eigenvalue weighted by molar-refractivity contribution is -0.122. The first-order valence-corrected chi connectivity index (χ1v) is 9.11. The Labute approximate surface area is 155 Å². The summed E-state index contributed by atoms with van der Waals surface area (Å²) in [5.74, 6) is 1.23. The molecule has 0 bridgehead atoms. The fourth-order valence-corrected chi connectivity index (χ4v) is 3.05. The van der Waals surface area contributed by atoms with E-state index in [1.165, 1.54) is 11.1 Å². The molecule has 4 heteroatoms. The monoisotopic (exact) mass is 353 g/mol. The second-order valence-electron chi connectivity index (χ2n) is 7.59. The molecule has 138 valence electrons. The third-order valence-electron chi connectivity index (χ3n) is 5.00. The molecule has 1 aliphatic rings. The van der Waals surface area contributed by atoms with Gasteiger partial charge in [0.15, 0.2) is 11.5 Å². The lowest BCUT2D eigenvalue weighted by Gasteiger charge is -2.27. The second-order valence-corrected chi connectivity index (χ2v) is 7.59. The Kier molecular flexibility index (Phi) is 5.21. The van der Waals surface area contributed by atoms with E-state index in [-0.39, 0.29) is 17.2 Å². The van der Waals surface area contributed by atoms with Crippen molar-refractivity contribution in [2.45, 2.75) is 39.0 Å². The van der Waals surface area contributed by atoms with Crippen LogP contribution in [-0.2, 0) is 10.2 Å². The lowest BCUT2D eigenvalue weighted by Crippen LogP contribution is -2.38. The van der Waals surface area contributed by atoms with Crippen LogP contribution in [0.2, 0.25) is 0 Å². The molecule has 0 saturated carbocycles. The molecular weight excluding hydrogens is 326 g/mol. The summed E-state index contributed by atoms with van der Waals surface area (Å²) in [7, 11) is 0. The molecule has 1 amide bonds. The van der Waals surface area contributed by atoms with Gasteiger partial charge in [0.05, 0.1) is 5.92 Å². The first-order chi connectivity index (χ1) is 12.4. The number of rotatable bonds is 5. The van der Waals surface area contributed by atoms with Crippen LogP contribution in [-0.4, -0.2) is 25.7 Å². The summed E-state index contributed by atoms with van der Waals surface area (Å²) in [5, 5.41) is 3.10. The number of hydrogen-bond acceptors (Lipinski definition) is 3. The zero-order valence-corrected chi connectivity index (χ0v) is 16.0. The summed E-state index contributed by atoms with van der Waals surface area (Å²) in [5.41, 5.74) is 3.26. The quantitative estimate of drug-likeness (QED) is 0.885. The van der Waals surface area contributed by atoms with Gasteiger partial charge in [-0.3, -0.25) is 4.79 Å². The number of hydrogen-bond donors (Lipinski definition) is 1. The summed E-state index contributed by atoms with van der Waals surface area (Å²) in [6.45, 7) is 9.98. The maximum absolute atomic E-state index is 12.7. The summed E-state index contributed by atoms with van der Waals surface area (Å²) in [6, 6.07) is 14.2. The van der Waals surface area contributed by atoms with Crippen LogP contribution in [0.3, 0.4) is 0 Å². The Balaban J connectivity index is 1.64. The van der Waals surface area contributed by atoms with Gasteiger partial charge in [-0.25, -0.2) is 0 Å². The van der Waals surface area contributed by atoms with E-state index < -0.39 is 0 Å². The average molecular weight is 353 g/mol. The minimum absolute atomic E-state index is 0.0156. The number of aryl methyl sites for hydroxylation is 1. The molecule has 0 spiro atoms. The van der Waals surface area contributed by atoms with Gasteiger partial charge in [0, 0.05) is 12.0 Å². The van der Waals surface area contributed by atoms with E-state index in [4.69, 9.17) is 9.47 Å². The molecule has 3 rings (SSSR count). The third-order valence-corrected chi connectivity index (χ3v) is 5.00. The number of carbonyl (C=O) groups excluding carboxylic acids is 1. The second kappa shape index (κ2) is 7.40. The van der Waals surface area contributed by atoms with Crippen molar-refractivity contribution in [2.75, 3.05) is 19.8 Å². The predicted molar refractivity (Wildman–Crippen MR) is 103 cm³/mol. The first-order valence-electron chi connectivity index (χ1n) is 9.11. The van der Waals surface area contributed by atoms with Crippen LogP contribution in [0.1, 0.15) is 43.4 Å². The topological polar surface area (TPSA) is 47.6 Å². The normalized spacial score (nSPS) is 14.6. The smallest absolute Gasteiger partial charge is 0.227 e. The van der Waals surface area contributed by atoms with Crippen LogP contribution < -0.4 is 14.8 Å². The van der Waals surface area contributed by atoms with Gasteiger partial charge in [0.2, 0.25) is 5.91 Å². The largest absolute Gasteiger partial charge is 0.486 e. The van der Waals surface area contributed by atoms with Gasteiger partial charge in [0.1, 0.15) is 13.2 Å². The van der Waals surface area contributed by atoms with Crippen molar-refractivity contribution in [2.24, 2.45) is 0 Å². The number of fused-ring (bicyclic) bond motifs is 1. The van der Waals surface area contributed by atoms with Crippen LogP contribution in [0.4, 0.5) is 0 Å². The number of ether oxygens (including phenoxy) is 2. The van der Waals surface area contributed by atoms with Crippen molar-refractivity contribution in [1.82, 2.24) is 5.32 Å². The van der Waals surface area contributed by atoms with E-state index in [0.29, 0.717) is 25.5 Å². The molecule has 1 atom stereocenters. The minimum Gasteiger partial charge on any atom is -0.486 e. The van der Waals surface area contributed by atoms with E-state index >= 15 is 0 Å². The Hall–Kier alpha value is -2.49. The van der Waals surface area contributed by atoms with Crippen LogP contribution in [0.5, 0.6) is 11.5 Å². The summed E-state index contributed by atoms with van der Waals surface area (Å²) in [6.07, 6.45) is 0. The Bertz CT molecular complexity index is 780. The van der Waals surface area contributed by atoms with Crippen molar-refractivity contribution in [3.63, 3.8) is 0 Å². The van der Waals surface area contributed by atoms with Gasteiger partial charge in [-0.15, -0.1) is 0 Å². The van der Waals surface area contributed by atoms with Crippen molar-refractivity contribution in [1.29, 1.82) is 0 Å². The summed E-state index contributed by atoms with van der Waals surface area (Å²) >= 11 is 0. The van der Waals surface area contributed by atoms with Crippen molar-refractivity contribution < 1.29 is 14.3 Å². The molecule has 0 fully saturated rings. The molecule has 26 heavy (non-hydrogen) atoms. The van der Waals surface area contributed by atoms with Crippen molar-refractivity contribution in [3.05, 3.63) is 59.2 Å². The zero-order valence-electron chi connectivity index (χ0n) is 16.0. The lowest BCUT2D eigenvalue weighted by atomic mass is 9.84. The highest BCUT2D eigenvalue weighted by molar-refractivity contribution is 5.83. The number of amides is 1. The number of nitrogens with one attached hydrogen (secondary N) is 1. The van der Waals surface area contributed by atoms with Crippen LogP contribution in [0.15, 0.2) is 42.5 Å². The van der Waals surface area contributed by atoms with Gasteiger partial charge in [-0.1, -0.05) is 49.7 Å². The Morgan fingerprint density at radius 2 is 1.73 bits per heavy atom. The molecule has 0 aliphatic carbocycles. The highest BCUT2D eigenvalue weighted by Gasteiger charge is 2.24. The maximum Gasteiger partial charge on any atom is 0.227 e. The number of benzene rings is 2. The molecule has 0 radical (unpaired) electrons. The van der Waals surface area contributed by atoms with Crippen molar-refractivity contribution in [3.8, 4) is 11.5 Å². The van der Waals surface area contributed by atoms with E-state index in [2.05, 4.69) is 50.4 Å². The fourth-order valence-electron chi connectivity index (χ4n) is 3.05. The van der Waals surface area contributed by atoms with E-state index in [9.17, 15) is 4.79 Å². The molecule has 2 aromatic rings. The average Bonchev–Trinajstić information content (AvgIpc) is 2.65. The highest BCUT2D eigenvalue weighted by Crippen LogP contribution is 2.33. The molecule has 1 aliphatic heterocycles. The molecule has 1 N–H and O–H groups in total. The van der Waals surface area contributed by atoms with E-state index in [0.717, 1.165) is 11.3 Å². The van der Waals surface area contributed by atoms with Gasteiger partial charge in [0.25, 0.3) is 0 Å². The standard InChI is InChI=1S/C22H27NO3/c1-15-5-8-18(9-6-15)22(3,4)14-23-21(24)16(2)17-7-10-19-20(13-17)26-12-11-25-19/h5-10,13,16H,11-12,14H2,1-4H3,(H,23,24). The van der Waals surface area contributed by atoms with Crippen LogP contribution in [0, 0.1) is 6.92 Å². The van der Waals surface area contributed by atoms with E-state index in [1.54, 1.807) is 0 Å². The predicted octanol–water partition coefficient (Wildman–Crippen LogP) is 3.96. The highest BCUT2D eigenvalue weighted by atomic mass is 16.6. The minimum atomic E-state index is -0.250. The van der Waals surface area contributed by atoms with Gasteiger partial charge in [-0.2, -0.15) is 0 Å². The van der Waals surface area contributed by atoms with Gasteiger partial charge < -0.3 is 14.8 Å². The van der Waals surface area contributed by atoms with Crippen LogP contribution in [0.25, 0.3) is 0 Å². The van der Waals surface area contributed by atoms with E-state index in [1.807, 2.05) is 25.1 Å². The number of carbonyl (C=O) groups is 1. The third kappa shape index (κ3) is 4.01. The molecule has 1 unspecified atom stereocenters. The molecular formula is C22H27NO3. The summed E-state index contributed by atoms with van der Waals surface area (Å²) < 4.78 is 11.2. The first kappa shape index (κ1) is 18.3.